The van der Waals surface area contributed by atoms with Gasteiger partial charge in [0.25, 0.3) is 0 Å². The van der Waals surface area contributed by atoms with Crippen molar-refractivity contribution in [2.24, 2.45) is 5.92 Å². The summed E-state index contributed by atoms with van der Waals surface area (Å²) >= 11 is 0. The van der Waals surface area contributed by atoms with Gasteiger partial charge < -0.3 is 14.2 Å². The summed E-state index contributed by atoms with van der Waals surface area (Å²) in [7, 11) is 2.78. The summed E-state index contributed by atoms with van der Waals surface area (Å²) in [5, 5.41) is 0. The molecule has 0 aromatic carbocycles. The van der Waals surface area contributed by atoms with Crippen molar-refractivity contribution in [3.63, 3.8) is 0 Å². The van der Waals surface area contributed by atoms with Gasteiger partial charge in [-0.05, 0) is 58.8 Å². The van der Waals surface area contributed by atoms with Gasteiger partial charge in [-0.15, -0.1) is 0 Å². The third-order valence-corrected chi connectivity index (χ3v) is 4.73. The molecule has 0 amide bonds. The van der Waals surface area contributed by atoms with Crippen molar-refractivity contribution in [2.75, 3.05) is 14.2 Å². The van der Waals surface area contributed by atoms with E-state index < -0.39 is 0 Å². The molecule has 1 aliphatic carbocycles. The third kappa shape index (κ3) is 8.13. The number of hydrogen-bond donors (Lipinski definition) is 0. The minimum atomic E-state index is -0.157. The smallest absolute Gasteiger partial charge is 0.305 e. The minimum absolute atomic E-state index is 0.123. The standard InChI is InChI=1S/C10H18O.C5H10O2.C4H8O2/c1-9(2)8-4-6-10(3,11-9)7-5-8;1-3-4-5(6)7-2;1-3-4(5)6-2/h8H,4-7H2,1-3H3;3-4H2,1-2H3;3H2,1-2H3. The summed E-state index contributed by atoms with van der Waals surface area (Å²) in [5.74, 6) is 0.543. The molecule has 142 valence electrons. The van der Waals surface area contributed by atoms with Crippen LogP contribution in [0.2, 0.25) is 0 Å². The predicted octanol–water partition coefficient (Wildman–Crippen LogP) is 4.27. The summed E-state index contributed by atoms with van der Waals surface area (Å²) in [4.78, 5) is 20.1. The molecule has 5 heteroatoms. The highest BCUT2D eigenvalue weighted by Gasteiger charge is 2.48. The van der Waals surface area contributed by atoms with Crippen LogP contribution in [-0.2, 0) is 23.8 Å². The Morgan fingerprint density at radius 1 is 1.00 bits per heavy atom. The fourth-order valence-corrected chi connectivity index (χ4v) is 3.19. The molecule has 0 aromatic rings. The maximum Gasteiger partial charge on any atom is 0.305 e. The maximum atomic E-state index is 10.2. The van der Waals surface area contributed by atoms with Gasteiger partial charge in [0, 0.05) is 12.8 Å². The van der Waals surface area contributed by atoms with E-state index in [0.717, 1.165) is 12.3 Å². The monoisotopic (exact) mass is 344 g/mol. The van der Waals surface area contributed by atoms with Crippen molar-refractivity contribution in [1.29, 1.82) is 0 Å². The number of carbonyl (C=O) groups excluding carboxylic acids is 2. The topological polar surface area (TPSA) is 61.8 Å². The summed E-state index contributed by atoms with van der Waals surface area (Å²) in [6.07, 6.45) is 7.19. The van der Waals surface area contributed by atoms with Crippen molar-refractivity contribution < 1.29 is 23.8 Å². The second kappa shape index (κ2) is 10.7. The van der Waals surface area contributed by atoms with Crippen LogP contribution in [0.25, 0.3) is 0 Å². The van der Waals surface area contributed by atoms with E-state index in [9.17, 15) is 9.59 Å². The van der Waals surface area contributed by atoms with Crippen LogP contribution in [0.1, 0.15) is 79.6 Å². The van der Waals surface area contributed by atoms with Crippen LogP contribution in [0.5, 0.6) is 0 Å². The van der Waals surface area contributed by atoms with Gasteiger partial charge in [-0.3, -0.25) is 9.59 Å². The molecular formula is C19H36O5. The Balaban J connectivity index is 0.000000357. The molecule has 3 fully saturated rings. The molecular weight excluding hydrogens is 308 g/mol. The Bertz CT molecular complexity index is 372. The van der Waals surface area contributed by atoms with E-state index in [2.05, 4.69) is 30.2 Å². The number of carbonyl (C=O) groups is 2. The van der Waals surface area contributed by atoms with Crippen LogP contribution < -0.4 is 0 Å². The zero-order chi connectivity index (χ0) is 18.8. The zero-order valence-corrected chi connectivity index (χ0v) is 16.6. The molecule has 3 rings (SSSR count). The highest BCUT2D eigenvalue weighted by molar-refractivity contribution is 5.69. The fourth-order valence-electron chi connectivity index (χ4n) is 3.19. The van der Waals surface area contributed by atoms with Crippen molar-refractivity contribution >= 4 is 11.9 Å². The molecule has 0 spiro atoms. The number of esters is 2. The second-order valence-electron chi connectivity index (χ2n) is 7.19. The van der Waals surface area contributed by atoms with Crippen molar-refractivity contribution in [1.82, 2.24) is 0 Å². The van der Waals surface area contributed by atoms with Crippen molar-refractivity contribution in [3.8, 4) is 0 Å². The van der Waals surface area contributed by atoms with Crippen molar-refractivity contribution in [3.05, 3.63) is 0 Å². The van der Waals surface area contributed by atoms with E-state index in [4.69, 9.17) is 4.74 Å². The van der Waals surface area contributed by atoms with Gasteiger partial charge in [-0.2, -0.15) is 0 Å². The summed E-state index contributed by atoms with van der Waals surface area (Å²) in [5.41, 5.74) is 0.378. The van der Waals surface area contributed by atoms with Crippen LogP contribution in [0, 0.1) is 5.92 Å². The van der Waals surface area contributed by atoms with Crippen LogP contribution in [0.3, 0.4) is 0 Å². The molecule has 2 bridgehead atoms. The lowest BCUT2D eigenvalue weighted by molar-refractivity contribution is -0.229. The van der Waals surface area contributed by atoms with Gasteiger partial charge in [0.15, 0.2) is 0 Å². The Morgan fingerprint density at radius 2 is 1.50 bits per heavy atom. The molecule has 0 radical (unpaired) electrons. The molecule has 0 unspecified atom stereocenters. The molecule has 2 saturated heterocycles. The highest BCUT2D eigenvalue weighted by atomic mass is 16.5. The first-order valence-corrected chi connectivity index (χ1v) is 8.97. The summed E-state index contributed by atoms with van der Waals surface area (Å²) in [6, 6.07) is 0. The van der Waals surface area contributed by atoms with Gasteiger partial charge in [0.1, 0.15) is 0 Å². The number of hydrogen-bond acceptors (Lipinski definition) is 5. The first kappa shape index (κ1) is 22.9. The van der Waals surface area contributed by atoms with Crippen LogP contribution in [0.4, 0.5) is 0 Å². The fraction of sp³-hybridized carbons (Fsp3) is 0.895. The normalized spacial score (nSPS) is 26.2. The van der Waals surface area contributed by atoms with E-state index in [1.54, 1.807) is 6.92 Å². The van der Waals surface area contributed by atoms with E-state index in [1.807, 2.05) is 6.92 Å². The second-order valence-corrected chi connectivity index (χ2v) is 7.19. The van der Waals surface area contributed by atoms with Crippen LogP contribution in [0.15, 0.2) is 0 Å². The Kier molecular flexibility index (Phi) is 10.2. The average molecular weight is 344 g/mol. The molecule has 1 saturated carbocycles. The Morgan fingerprint density at radius 3 is 1.67 bits per heavy atom. The van der Waals surface area contributed by atoms with Crippen LogP contribution >= 0.6 is 0 Å². The van der Waals surface area contributed by atoms with Gasteiger partial charge >= 0.3 is 11.9 Å². The quantitative estimate of drug-likeness (QED) is 0.715. The van der Waals surface area contributed by atoms with Crippen LogP contribution in [-0.4, -0.2) is 37.4 Å². The number of ether oxygens (including phenoxy) is 3. The molecule has 2 aliphatic heterocycles. The molecule has 5 nitrogen and oxygen atoms in total. The lowest BCUT2D eigenvalue weighted by atomic mass is 9.69. The first-order chi connectivity index (χ1) is 11.1. The van der Waals surface area contributed by atoms with Gasteiger partial charge in [-0.1, -0.05) is 13.8 Å². The van der Waals surface area contributed by atoms with Gasteiger partial charge in [-0.25, -0.2) is 0 Å². The number of fused-ring (bicyclic) bond motifs is 3. The van der Waals surface area contributed by atoms with E-state index in [1.165, 1.54) is 39.9 Å². The molecule has 0 aromatic heterocycles. The minimum Gasteiger partial charge on any atom is -0.469 e. The third-order valence-electron chi connectivity index (χ3n) is 4.73. The van der Waals surface area contributed by atoms with Gasteiger partial charge in [0.05, 0.1) is 25.4 Å². The maximum absolute atomic E-state index is 10.2. The van der Waals surface area contributed by atoms with E-state index >= 15 is 0 Å². The van der Waals surface area contributed by atoms with E-state index in [-0.39, 0.29) is 23.1 Å². The summed E-state index contributed by atoms with van der Waals surface area (Å²) in [6.45, 7) is 10.5. The average Bonchev–Trinajstić information content (AvgIpc) is 2.54. The Labute approximate surface area is 147 Å². The summed E-state index contributed by atoms with van der Waals surface area (Å²) < 4.78 is 14.7. The number of methoxy groups -OCH3 is 2. The largest absolute Gasteiger partial charge is 0.469 e. The lowest BCUT2D eigenvalue weighted by Gasteiger charge is -2.54. The first-order valence-electron chi connectivity index (χ1n) is 8.97. The SMILES string of the molecule is CC12CCC(CC1)C(C)(C)O2.CCC(=O)OC.CCCC(=O)OC. The Hall–Kier alpha value is -1.10. The lowest BCUT2D eigenvalue weighted by Crippen LogP contribution is -2.53. The van der Waals surface area contributed by atoms with Crippen molar-refractivity contribution in [2.45, 2.75) is 90.8 Å². The number of rotatable bonds is 3. The molecule has 24 heavy (non-hydrogen) atoms. The molecule has 0 atom stereocenters. The molecule has 0 N–H and O–H groups in total. The molecule has 3 aliphatic rings. The van der Waals surface area contributed by atoms with E-state index in [0.29, 0.717) is 12.8 Å². The predicted molar refractivity (Wildman–Crippen MR) is 94.8 cm³/mol. The van der Waals surface area contributed by atoms with Gasteiger partial charge in [0.2, 0.25) is 0 Å². The highest BCUT2D eigenvalue weighted by Crippen LogP contribution is 2.49. The molecule has 2 heterocycles. The zero-order valence-electron chi connectivity index (χ0n) is 16.6.